The number of halogens is 2. The van der Waals surface area contributed by atoms with Crippen molar-refractivity contribution >= 4 is 5.97 Å². The highest BCUT2D eigenvalue weighted by Crippen LogP contribution is 2.71. The molecule has 4 atom stereocenters. The molecule has 4 rings (SSSR count). The molecule has 0 N–H and O–H groups in total. The SMILES string of the molecule is COC(=O)C12CC3CC(C1)C(F)(F)C2C3. The second-order valence-corrected chi connectivity index (χ2v) is 5.32. The maximum atomic E-state index is 13.9. The average Bonchev–Trinajstić information content (AvgIpc) is 2.55. The van der Waals surface area contributed by atoms with E-state index in [4.69, 9.17) is 4.74 Å². The molecule has 0 heterocycles. The number of hydrogen-bond acceptors (Lipinski definition) is 2. The Morgan fingerprint density at radius 1 is 1.33 bits per heavy atom. The van der Waals surface area contributed by atoms with Crippen molar-refractivity contribution in [1.82, 2.24) is 0 Å². The molecule has 2 nitrogen and oxygen atoms in total. The van der Waals surface area contributed by atoms with Crippen molar-refractivity contribution in [2.75, 3.05) is 7.11 Å². The second-order valence-electron chi connectivity index (χ2n) is 5.32. The van der Waals surface area contributed by atoms with Gasteiger partial charge in [-0.3, -0.25) is 4.79 Å². The molecule has 0 radical (unpaired) electrons. The first kappa shape index (κ1) is 9.55. The molecule has 0 saturated heterocycles. The van der Waals surface area contributed by atoms with E-state index < -0.39 is 29.1 Å². The van der Waals surface area contributed by atoms with Crippen molar-refractivity contribution in [3.8, 4) is 0 Å². The first-order chi connectivity index (χ1) is 7.00. The van der Waals surface area contributed by atoms with Gasteiger partial charge in [-0.05, 0) is 31.6 Å². The lowest BCUT2D eigenvalue weighted by Gasteiger charge is -2.31. The lowest BCUT2D eigenvalue weighted by molar-refractivity contribution is -0.158. The number of rotatable bonds is 1. The Morgan fingerprint density at radius 3 is 2.73 bits per heavy atom. The molecule has 4 bridgehead atoms. The summed E-state index contributed by atoms with van der Waals surface area (Å²) < 4.78 is 32.5. The van der Waals surface area contributed by atoms with Crippen LogP contribution in [-0.4, -0.2) is 19.0 Å². The van der Waals surface area contributed by atoms with Crippen LogP contribution in [0.1, 0.15) is 25.7 Å². The number of carbonyl (C=O) groups is 1. The predicted molar refractivity (Wildman–Crippen MR) is 48.3 cm³/mol. The molecule has 0 amide bonds. The number of esters is 1. The van der Waals surface area contributed by atoms with E-state index in [1.54, 1.807) is 0 Å². The van der Waals surface area contributed by atoms with E-state index in [-0.39, 0.29) is 0 Å². The first-order valence-corrected chi connectivity index (χ1v) is 5.47. The monoisotopic (exact) mass is 216 g/mol. The van der Waals surface area contributed by atoms with E-state index in [0.29, 0.717) is 31.6 Å². The van der Waals surface area contributed by atoms with Gasteiger partial charge in [-0.2, -0.15) is 0 Å². The topological polar surface area (TPSA) is 26.3 Å². The number of hydrogen-bond donors (Lipinski definition) is 0. The molecular weight excluding hydrogens is 202 g/mol. The molecule has 84 valence electrons. The summed E-state index contributed by atoms with van der Waals surface area (Å²) in [4.78, 5) is 11.7. The van der Waals surface area contributed by atoms with E-state index in [9.17, 15) is 13.6 Å². The summed E-state index contributed by atoms with van der Waals surface area (Å²) in [5.41, 5.74) is -0.841. The Balaban J connectivity index is 2.04. The van der Waals surface area contributed by atoms with Gasteiger partial charge in [0.1, 0.15) is 0 Å². The zero-order valence-electron chi connectivity index (χ0n) is 8.63. The maximum absolute atomic E-state index is 13.9. The van der Waals surface area contributed by atoms with Crippen LogP contribution < -0.4 is 0 Å². The highest BCUT2D eigenvalue weighted by atomic mass is 19.3. The third-order valence-electron chi connectivity index (χ3n) is 4.72. The second kappa shape index (κ2) is 2.53. The minimum absolute atomic E-state index is 0.326. The van der Waals surface area contributed by atoms with Crippen molar-refractivity contribution in [2.45, 2.75) is 31.6 Å². The highest BCUT2D eigenvalue weighted by molar-refractivity contribution is 5.79. The lowest BCUT2D eigenvalue weighted by atomic mass is 9.75. The fraction of sp³-hybridized carbons (Fsp3) is 0.909. The quantitative estimate of drug-likeness (QED) is 0.628. The van der Waals surface area contributed by atoms with Gasteiger partial charge in [-0.1, -0.05) is 0 Å². The average molecular weight is 216 g/mol. The largest absolute Gasteiger partial charge is 0.469 e. The Morgan fingerprint density at radius 2 is 2.07 bits per heavy atom. The van der Waals surface area contributed by atoms with Crippen molar-refractivity contribution in [1.29, 1.82) is 0 Å². The summed E-state index contributed by atoms with van der Waals surface area (Å²) in [6.45, 7) is 0. The molecule has 0 aliphatic heterocycles. The van der Waals surface area contributed by atoms with E-state index in [2.05, 4.69) is 0 Å². The lowest BCUT2D eigenvalue weighted by Crippen LogP contribution is -2.37. The van der Waals surface area contributed by atoms with Crippen LogP contribution in [0, 0.1) is 23.2 Å². The van der Waals surface area contributed by atoms with Crippen LogP contribution in [0.5, 0.6) is 0 Å². The van der Waals surface area contributed by atoms with Crippen LogP contribution in [0.4, 0.5) is 8.78 Å². The molecule has 4 heteroatoms. The number of ether oxygens (including phenoxy) is 1. The molecule has 4 aliphatic carbocycles. The fourth-order valence-corrected chi connectivity index (χ4v) is 4.25. The van der Waals surface area contributed by atoms with Crippen LogP contribution in [0.2, 0.25) is 0 Å². The van der Waals surface area contributed by atoms with E-state index in [1.807, 2.05) is 0 Å². The van der Waals surface area contributed by atoms with Gasteiger partial charge in [0.05, 0.1) is 12.5 Å². The number of methoxy groups -OCH3 is 1. The fourth-order valence-electron chi connectivity index (χ4n) is 4.25. The Kier molecular flexibility index (Phi) is 1.61. The highest BCUT2D eigenvalue weighted by Gasteiger charge is 2.74. The van der Waals surface area contributed by atoms with Gasteiger partial charge in [-0.15, -0.1) is 0 Å². The molecule has 0 aromatic heterocycles. The van der Waals surface area contributed by atoms with Gasteiger partial charge in [0, 0.05) is 11.8 Å². The van der Waals surface area contributed by atoms with Gasteiger partial charge in [0.15, 0.2) is 0 Å². The van der Waals surface area contributed by atoms with Crippen LogP contribution in [-0.2, 0) is 9.53 Å². The summed E-state index contributed by atoms with van der Waals surface area (Å²) in [5.74, 6) is -4.04. The van der Waals surface area contributed by atoms with Crippen LogP contribution >= 0.6 is 0 Å². The van der Waals surface area contributed by atoms with E-state index >= 15 is 0 Å². The Bertz CT molecular complexity index is 329. The van der Waals surface area contributed by atoms with Gasteiger partial charge in [-0.25, -0.2) is 8.78 Å². The van der Waals surface area contributed by atoms with Crippen LogP contribution in [0.25, 0.3) is 0 Å². The summed E-state index contributed by atoms with van der Waals surface area (Å²) in [5, 5.41) is 0. The molecule has 4 fully saturated rings. The third-order valence-corrected chi connectivity index (χ3v) is 4.72. The molecule has 4 unspecified atom stereocenters. The zero-order valence-corrected chi connectivity index (χ0v) is 8.63. The van der Waals surface area contributed by atoms with E-state index in [1.165, 1.54) is 7.11 Å². The van der Waals surface area contributed by atoms with E-state index in [0.717, 1.165) is 0 Å². The number of alkyl halides is 2. The van der Waals surface area contributed by atoms with Crippen molar-refractivity contribution < 1.29 is 18.3 Å². The standard InChI is InChI=1S/C11H14F2O2/c1-15-9(14)10-4-6-2-7(5-10)11(12,13)8(10)3-6/h6-8H,2-5H2,1H3. The van der Waals surface area contributed by atoms with Gasteiger partial charge < -0.3 is 4.74 Å². The normalized spacial score (nSPS) is 49.7. The van der Waals surface area contributed by atoms with Gasteiger partial charge >= 0.3 is 5.97 Å². The van der Waals surface area contributed by atoms with Crippen molar-refractivity contribution in [3.05, 3.63) is 0 Å². The minimum atomic E-state index is -2.64. The molecule has 4 saturated carbocycles. The smallest absolute Gasteiger partial charge is 0.312 e. The molecule has 0 aromatic rings. The third kappa shape index (κ3) is 0.911. The maximum Gasteiger partial charge on any atom is 0.312 e. The number of carbonyl (C=O) groups excluding carboxylic acids is 1. The van der Waals surface area contributed by atoms with Crippen LogP contribution in [0.15, 0.2) is 0 Å². The van der Waals surface area contributed by atoms with Gasteiger partial charge in [0.2, 0.25) is 0 Å². The summed E-state index contributed by atoms with van der Waals surface area (Å²) >= 11 is 0. The molecular formula is C11H14F2O2. The molecule has 0 spiro atoms. The van der Waals surface area contributed by atoms with Crippen molar-refractivity contribution in [2.24, 2.45) is 23.2 Å². The van der Waals surface area contributed by atoms with Gasteiger partial charge in [0.25, 0.3) is 5.92 Å². The molecule has 15 heavy (non-hydrogen) atoms. The Labute approximate surface area is 87.0 Å². The summed E-state index contributed by atoms with van der Waals surface area (Å²) in [6, 6.07) is 0. The van der Waals surface area contributed by atoms with Crippen LogP contribution in [0.3, 0.4) is 0 Å². The Hall–Kier alpha value is -0.670. The molecule has 0 aromatic carbocycles. The van der Waals surface area contributed by atoms with Crippen molar-refractivity contribution in [3.63, 3.8) is 0 Å². The minimum Gasteiger partial charge on any atom is -0.469 e. The zero-order chi connectivity index (χ0) is 10.8. The first-order valence-electron chi connectivity index (χ1n) is 5.47. The summed E-state index contributed by atoms with van der Waals surface area (Å²) in [6.07, 6.45) is 2.07. The molecule has 4 aliphatic rings. The predicted octanol–water partition coefficient (Wildman–Crippen LogP) is 2.23. The summed E-state index contributed by atoms with van der Waals surface area (Å²) in [7, 11) is 1.30.